The van der Waals surface area contributed by atoms with Crippen LogP contribution in [0.1, 0.15) is 11.3 Å². The van der Waals surface area contributed by atoms with Crippen molar-refractivity contribution in [3.63, 3.8) is 0 Å². The summed E-state index contributed by atoms with van der Waals surface area (Å²) in [5.74, 6) is 0.200. The Labute approximate surface area is 109 Å². The molecule has 18 heavy (non-hydrogen) atoms. The topological polar surface area (TPSA) is 76.5 Å². The number of halogens is 1. The Morgan fingerprint density at radius 1 is 1.28 bits per heavy atom. The van der Waals surface area contributed by atoms with Crippen LogP contribution in [0, 0.1) is 0 Å². The maximum atomic E-state index is 5.96. The quantitative estimate of drug-likeness (QED) is 0.519. The van der Waals surface area contributed by atoms with Crippen LogP contribution in [-0.4, -0.2) is 22.0 Å². The predicted octanol–water partition coefficient (Wildman–Crippen LogP) is 1.87. The van der Waals surface area contributed by atoms with Gasteiger partial charge < -0.3 is 5.73 Å². The van der Waals surface area contributed by atoms with Crippen molar-refractivity contribution in [3.05, 3.63) is 59.1 Å². The van der Waals surface area contributed by atoms with Crippen molar-refractivity contribution in [1.82, 2.24) is 9.97 Å². The summed E-state index contributed by atoms with van der Waals surface area (Å²) in [6.07, 6.45) is 6.15. The highest BCUT2D eigenvalue weighted by Crippen LogP contribution is 2.12. The Morgan fingerprint density at radius 2 is 2.11 bits per heavy atom. The van der Waals surface area contributed by atoms with Gasteiger partial charge in [0.05, 0.1) is 12.4 Å². The lowest BCUT2D eigenvalue weighted by Crippen LogP contribution is -2.14. The molecule has 0 amide bonds. The SMILES string of the molecule is NC(=NN=Cc1ccccc1Cl)c1cnccn1. The van der Waals surface area contributed by atoms with Crippen molar-refractivity contribution >= 4 is 23.7 Å². The number of hydrogen-bond acceptors (Lipinski definition) is 4. The molecule has 0 fully saturated rings. The van der Waals surface area contributed by atoms with Gasteiger partial charge in [0.15, 0.2) is 5.84 Å². The lowest BCUT2D eigenvalue weighted by Gasteiger charge is -1.96. The molecule has 0 bridgehead atoms. The van der Waals surface area contributed by atoms with E-state index < -0.39 is 0 Å². The van der Waals surface area contributed by atoms with Crippen molar-refractivity contribution in [1.29, 1.82) is 0 Å². The highest BCUT2D eigenvalue weighted by Gasteiger charge is 1.98. The van der Waals surface area contributed by atoms with Crippen LogP contribution in [0.3, 0.4) is 0 Å². The average molecular weight is 260 g/mol. The fraction of sp³-hybridized carbons (Fsp3) is 0. The van der Waals surface area contributed by atoms with Crippen LogP contribution in [0.2, 0.25) is 5.02 Å². The summed E-state index contributed by atoms with van der Waals surface area (Å²) in [6.45, 7) is 0. The molecule has 90 valence electrons. The smallest absolute Gasteiger partial charge is 0.173 e. The van der Waals surface area contributed by atoms with E-state index in [1.54, 1.807) is 12.3 Å². The summed E-state index contributed by atoms with van der Waals surface area (Å²) < 4.78 is 0. The minimum Gasteiger partial charge on any atom is -0.380 e. The highest BCUT2D eigenvalue weighted by molar-refractivity contribution is 6.33. The molecule has 0 radical (unpaired) electrons. The second-order valence-electron chi connectivity index (χ2n) is 3.34. The summed E-state index contributed by atoms with van der Waals surface area (Å²) in [5, 5.41) is 8.30. The zero-order valence-electron chi connectivity index (χ0n) is 9.36. The molecule has 0 aliphatic rings. The van der Waals surface area contributed by atoms with Gasteiger partial charge in [0.1, 0.15) is 5.69 Å². The van der Waals surface area contributed by atoms with Gasteiger partial charge in [0.2, 0.25) is 0 Å². The van der Waals surface area contributed by atoms with Crippen molar-refractivity contribution in [3.8, 4) is 0 Å². The molecule has 0 aliphatic heterocycles. The van der Waals surface area contributed by atoms with Gasteiger partial charge >= 0.3 is 0 Å². The first-order valence-electron chi connectivity index (χ1n) is 5.15. The molecule has 0 spiro atoms. The van der Waals surface area contributed by atoms with E-state index in [2.05, 4.69) is 20.2 Å². The molecule has 1 aromatic heterocycles. The van der Waals surface area contributed by atoms with Crippen LogP contribution in [0.25, 0.3) is 0 Å². The first kappa shape index (κ1) is 12.2. The molecule has 1 aromatic carbocycles. The van der Waals surface area contributed by atoms with E-state index in [1.807, 2.05) is 18.2 Å². The number of amidine groups is 1. The van der Waals surface area contributed by atoms with E-state index in [1.165, 1.54) is 18.6 Å². The van der Waals surface area contributed by atoms with Crippen LogP contribution in [0.4, 0.5) is 0 Å². The third-order valence-electron chi connectivity index (χ3n) is 2.09. The Morgan fingerprint density at radius 3 is 2.83 bits per heavy atom. The second kappa shape index (κ2) is 5.88. The van der Waals surface area contributed by atoms with E-state index in [0.29, 0.717) is 10.7 Å². The van der Waals surface area contributed by atoms with Crippen molar-refractivity contribution in [2.24, 2.45) is 15.9 Å². The lowest BCUT2D eigenvalue weighted by molar-refractivity contribution is 1.15. The van der Waals surface area contributed by atoms with Crippen LogP contribution in [0.5, 0.6) is 0 Å². The summed E-state index contributed by atoms with van der Waals surface area (Å²) in [5.41, 5.74) is 6.95. The third kappa shape index (κ3) is 3.11. The predicted molar refractivity (Wildman–Crippen MR) is 71.8 cm³/mol. The van der Waals surface area contributed by atoms with E-state index in [9.17, 15) is 0 Å². The number of benzene rings is 1. The van der Waals surface area contributed by atoms with Gasteiger partial charge in [0, 0.05) is 23.0 Å². The van der Waals surface area contributed by atoms with Gasteiger partial charge in [-0.05, 0) is 6.07 Å². The normalized spacial score (nSPS) is 11.9. The second-order valence-corrected chi connectivity index (χ2v) is 3.75. The van der Waals surface area contributed by atoms with Crippen molar-refractivity contribution in [2.45, 2.75) is 0 Å². The van der Waals surface area contributed by atoms with E-state index in [-0.39, 0.29) is 5.84 Å². The van der Waals surface area contributed by atoms with Gasteiger partial charge in [-0.2, -0.15) is 5.10 Å². The van der Waals surface area contributed by atoms with Crippen molar-refractivity contribution < 1.29 is 0 Å². The Bertz CT molecular complexity index is 580. The minimum atomic E-state index is 0.200. The number of nitrogens with two attached hydrogens (primary N) is 1. The molecular formula is C12H10ClN5. The highest BCUT2D eigenvalue weighted by atomic mass is 35.5. The van der Waals surface area contributed by atoms with E-state index in [4.69, 9.17) is 17.3 Å². The zero-order valence-corrected chi connectivity index (χ0v) is 10.1. The number of aromatic nitrogens is 2. The molecule has 0 atom stereocenters. The van der Waals surface area contributed by atoms with Crippen LogP contribution in [0.15, 0.2) is 53.1 Å². The molecule has 1 heterocycles. The monoisotopic (exact) mass is 259 g/mol. The molecule has 0 saturated carbocycles. The Kier molecular flexibility index (Phi) is 3.98. The van der Waals surface area contributed by atoms with Crippen LogP contribution < -0.4 is 5.73 Å². The Balaban J connectivity index is 2.14. The molecule has 2 aromatic rings. The molecule has 5 nitrogen and oxygen atoms in total. The molecule has 6 heteroatoms. The summed E-state index contributed by atoms with van der Waals surface area (Å²) in [6, 6.07) is 7.32. The van der Waals surface area contributed by atoms with E-state index in [0.717, 1.165) is 5.56 Å². The van der Waals surface area contributed by atoms with Gasteiger partial charge in [0.25, 0.3) is 0 Å². The van der Waals surface area contributed by atoms with Gasteiger partial charge in [-0.25, -0.2) is 4.98 Å². The number of hydrogen-bond donors (Lipinski definition) is 1. The van der Waals surface area contributed by atoms with Crippen LogP contribution >= 0.6 is 11.6 Å². The maximum absolute atomic E-state index is 5.96. The summed E-state index contributed by atoms with van der Waals surface area (Å²) >= 11 is 5.96. The molecule has 0 saturated heterocycles. The average Bonchev–Trinajstić information content (AvgIpc) is 2.42. The van der Waals surface area contributed by atoms with Crippen molar-refractivity contribution in [2.75, 3.05) is 0 Å². The van der Waals surface area contributed by atoms with E-state index >= 15 is 0 Å². The zero-order chi connectivity index (χ0) is 12.8. The molecule has 0 aliphatic carbocycles. The molecule has 0 unspecified atom stereocenters. The van der Waals surface area contributed by atoms with Crippen LogP contribution in [-0.2, 0) is 0 Å². The third-order valence-corrected chi connectivity index (χ3v) is 2.44. The maximum Gasteiger partial charge on any atom is 0.173 e. The Hall–Kier alpha value is -2.27. The molecule has 2 rings (SSSR count). The fourth-order valence-corrected chi connectivity index (χ4v) is 1.40. The minimum absolute atomic E-state index is 0.200. The number of nitrogens with zero attached hydrogens (tertiary/aromatic N) is 4. The summed E-state index contributed by atoms with van der Waals surface area (Å²) in [7, 11) is 0. The fourth-order valence-electron chi connectivity index (χ4n) is 1.22. The lowest BCUT2D eigenvalue weighted by atomic mass is 10.2. The van der Waals surface area contributed by atoms with Gasteiger partial charge in [-0.15, -0.1) is 5.10 Å². The molecular weight excluding hydrogens is 250 g/mol. The molecule has 2 N–H and O–H groups in total. The first-order chi connectivity index (χ1) is 8.77. The first-order valence-corrected chi connectivity index (χ1v) is 5.52. The largest absolute Gasteiger partial charge is 0.380 e. The number of rotatable bonds is 3. The van der Waals surface area contributed by atoms with Gasteiger partial charge in [-0.3, -0.25) is 4.98 Å². The van der Waals surface area contributed by atoms with Gasteiger partial charge in [-0.1, -0.05) is 29.8 Å². The summed E-state index contributed by atoms with van der Waals surface area (Å²) in [4.78, 5) is 7.89. The standard InChI is InChI=1S/C12H10ClN5/c13-10-4-2-1-3-9(10)7-17-18-12(14)11-8-15-5-6-16-11/h1-8H,(H2,14,18).